The number of aromatic nitrogens is 3. The quantitative estimate of drug-likeness (QED) is 0.225. The summed E-state index contributed by atoms with van der Waals surface area (Å²) < 4.78 is 11.2. The van der Waals surface area contributed by atoms with E-state index in [4.69, 9.17) is 9.72 Å². The summed E-state index contributed by atoms with van der Waals surface area (Å²) >= 11 is 1.36. The fourth-order valence-corrected chi connectivity index (χ4v) is 6.95. The number of ether oxygens (including phenoxy) is 1. The number of likely N-dealkylation sites (tertiary alicyclic amines) is 2. The molecular formula is C35H32N6O3S. The van der Waals surface area contributed by atoms with Gasteiger partial charge in [-0.2, -0.15) is 5.26 Å². The predicted molar refractivity (Wildman–Crippen MR) is 172 cm³/mol. The molecule has 9 nitrogen and oxygen atoms in total. The predicted octanol–water partition coefficient (Wildman–Crippen LogP) is 6.14. The smallest absolute Gasteiger partial charge is 0.272 e. The van der Waals surface area contributed by atoms with Crippen molar-refractivity contribution in [3.05, 3.63) is 95.2 Å². The lowest BCUT2D eigenvalue weighted by Gasteiger charge is -2.37. The highest BCUT2D eigenvalue weighted by Crippen LogP contribution is 2.35. The molecule has 0 N–H and O–H groups in total. The lowest BCUT2D eigenvalue weighted by Crippen LogP contribution is -2.45. The van der Waals surface area contributed by atoms with Crippen LogP contribution in [0.2, 0.25) is 0 Å². The molecule has 3 aromatic carbocycles. The third kappa shape index (κ3) is 5.71. The van der Waals surface area contributed by atoms with Crippen LogP contribution in [0.25, 0.3) is 21.1 Å². The maximum absolute atomic E-state index is 13.9. The van der Waals surface area contributed by atoms with E-state index >= 15 is 0 Å². The number of amides is 2. The number of nitrogens with zero attached hydrogens (tertiary/aromatic N) is 6. The molecule has 2 aromatic heterocycles. The Balaban J connectivity index is 1.16. The molecule has 0 bridgehead atoms. The fraction of sp³-hybridized carbons (Fsp3) is 0.314. The van der Waals surface area contributed by atoms with Gasteiger partial charge in [-0.05, 0) is 91.2 Å². The molecule has 5 aromatic rings. The fourth-order valence-electron chi connectivity index (χ4n) is 6.41. The number of carbonyl (C=O) groups is 2. The topological polar surface area (TPSA) is 112 Å². The van der Waals surface area contributed by atoms with Gasteiger partial charge >= 0.3 is 0 Å². The van der Waals surface area contributed by atoms with Crippen molar-refractivity contribution in [1.29, 1.82) is 5.26 Å². The highest BCUT2D eigenvalue weighted by molar-refractivity contribution is 7.12. The number of nitriles is 1. The van der Waals surface area contributed by atoms with Crippen molar-refractivity contribution in [3.8, 4) is 11.8 Å². The number of rotatable bonds is 6. The van der Waals surface area contributed by atoms with Gasteiger partial charge in [-0.1, -0.05) is 40.9 Å². The van der Waals surface area contributed by atoms with Gasteiger partial charge in [-0.25, -0.2) is 4.98 Å². The first-order valence-corrected chi connectivity index (χ1v) is 16.1. The third-order valence-corrected chi connectivity index (χ3v) is 9.74. The molecule has 0 radical (unpaired) electrons. The second kappa shape index (κ2) is 12.3. The van der Waals surface area contributed by atoms with E-state index in [1.165, 1.54) is 11.5 Å². The number of hydrogen-bond acceptors (Lipinski definition) is 8. The molecule has 7 rings (SSSR count). The summed E-state index contributed by atoms with van der Waals surface area (Å²) in [6, 6.07) is 25.4. The Labute approximate surface area is 265 Å². The molecule has 2 amide bonds. The molecule has 2 fully saturated rings. The third-order valence-electron chi connectivity index (χ3n) is 9.03. The zero-order chi connectivity index (χ0) is 30.8. The monoisotopic (exact) mass is 616 g/mol. The molecule has 0 atom stereocenters. The van der Waals surface area contributed by atoms with Crippen LogP contribution in [0.5, 0.6) is 5.75 Å². The molecule has 2 aliphatic rings. The van der Waals surface area contributed by atoms with Gasteiger partial charge in [-0.15, -0.1) is 5.10 Å². The number of hydrogen-bond donors (Lipinski definition) is 0. The van der Waals surface area contributed by atoms with Crippen LogP contribution in [0.15, 0.2) is 72.8 Å². The average molecular weight is 617 g/mol. The Kier molecular flexibility index (Phi) is 7.86. The minimum atomic E-state index is -0.622. The molecule has 4 heterocycles. The lowest BCUT2D eigenvalue weighted by molar-refractivity contribution is 0.0686. The lowest BCUT2D eigenvalue weighted by atomic mass is 9.74. The second-order valence-corrected chi connectivity index (χ2v) is 12.6. The number of piperidine rings is 2. The molecule has 10 heteroatoms. The molecule has 0 saturated carbocycles. The summed E-state index contributed by atoms with van der Waals surface area (Å²) in [5, 5.41) is 14.9. The Bertz CT molecular complexity index is 1920. The number of pyridine rings is 1. The van der Waals surface area contributed by atoms with E-state index in [2.05, 4.69) is 15.7 Å². The Morgan fingerprint density at radius 3 is 2.42 bits per heavy atom. The number of fused-ring (bicyclic) bond motifs is 2. The van der Waals surface area contributed by atoms with Crippen LogP contribution in [0.1, 0.15) is 64.1 Å². The van der Waals surface area contributed by atoms with Gasteiger partial charge in [0.15, 0.2) is 0 Å². The molecule has 2 saturated heterocycles. The van der Waals surface area contributed by atoms with Crippen LogP contribution in [-0.4, -0.2) is 62.4 Å². The maximum Gasteiger partial charge on any atom is 0.272 e. The Hall–Kier alpha value is -4.88. The SMILES string of the molecule is N#CC1(c2ccccc2)CCN(C(=O)c2cc(C(=O)N3CCCCC3)c3cc(OCc4ccc5snnc5c4)ccc3n2)CC1. The van der Waals surface area contributed by atoms with E-state index in [0.717, 1.165) is 40.6 Å². The largest absolute Gasteiger partial charge is 0.489 e. The van der Waals surface area contributed by atoms with Crippen LogP contribution < -0.4 is 4.74 Å². The zero-order valence-electron chi connectivity index (χ0n) is 24.8. The first-order valence-electron chi connectivity index (χ1n) is 15.4. The van der Waals surface area contributed by atoms with E-state index < -0.39 is 5.41 Å². The van der Waals surface area contributed by atoms with Crippen molar-refractivity contribution in [2.24, 2.45) is 0 Å². The number of carbonyl (C=O) groups excluding carboxylic acids is 2. The van der Waals surface area contributed by atoms with Crippen LogP contribution in [-0.2, 0) is 12.0 Å². The van der Waals surface area contributed by atoms with E-state index in [9.17, 15) is 14.9 Å². The first kappa shape index (κ1) is 28.9. The van der Waals surface area contributed by atoms with E-state index in [0.29, 0.717) is 67.8 Å². The highest BCUT2D eigenvalue weighted by Gasteiger charge is 2.38. The van der Waals surface area contributed by atoms with E-state index in [-0.39, 0.29) is 17.5 Å². The van der Waals surface area contributed by atoms with Crippen LogP contribution in [0, 0.1) is 11.3 Å². The molecule has 226 valence electrons. The highest BCUT2D eigenvalue weighted by atomic mass is 32.1. The number of benzene rings is 3. The maximum atomic E-state index is 13.9. The zero-order valence-corrected chi connectivity index (χ0v) is 25.6. The van der Waals surface area contributed by atoms with Crippen molar-refractivity contribution in [2.45, 2.75) is 44.1 Å². The summed E-state index contributed by atoms with van der Waals surface area (Å²) in [6.07, 6.45) is 4.11. The van der Waals surface area contributed by atoms with Gasteiger partial charge in [0, 0.05) is 31.6 Å². The van der Waals surface area contributed by atoms with Crippen molar-refractivity contribution in [3.63, 3.8) is 0 Å². The molecule has 45 heavy (non-hydrogen) atoms. The van der Waals surface area contributed by atoms with Crippen molar-refractivity contribution in [2.75, 3.05) is 26.2 Å². The van der Waals surface area contributed by atoms with Gasteiger partial charge < -0.3 is 14.5 Å². The van der Waals surface area contributed by atoms with Crippen molar-refractivity contribution >= 4 is 44.5 Å². The summed E-state index contributed by atoms with van der Waals surface area (Å²) in [4.78, 5) is 36.1. The minimum Gasteiger partial charge on any atom is -0.489 e. The molecule has 0 unspecified atom stereocenters. The van der Waals surface area contributed by atoms with E-state index in [1.54, 1.807) is 11.0 Å². The van der Waals surface area contributed by atoms with Crippen LogP contribution in [0.3, 0.4) is 0 Å². The van der Waals surface area contributed by atoms with Crippen LogP contribution >= 0.6 is 11.5 Å². The van der Waals surface area contributed by atoms with Gasteiger partial charge in [0.25, 0.3) is 11.8 Å². The summed E-state index contributed by atoms with van der Waals surface area (Å²) in [6.45, 7) is 2.59. The standard InChI is InChI=1S/C35H32N6O3S/c36-23-35(25-7-3-1-4-8-25)13-17-41(18-14-35)34(43)31-21-28(33(42)40-15-5-2-6-16-40)27-20-26(10-11-29(27)37-31)44-22-24-9-12-32-30(19-24)38-39-45-32/h1,3-4,7-12,19-21H,2,5-6,13-18,22H2. The molecule has 2 aliphatic heterocycles. The Morgan fingerprint density at radius 2 is 1.64 bits per heavy atom. The van der Waals surface area contributed by atoms with Gasteiger partial charge in [0.05, 0.1) is 27.3 Å². The van der Waals surface area contributed by atoms with E-state index in [1.807, 2.05) is 71.6 Å². The molecular weight excluding hydrogens is 584 g/mol. The average Bonchev–Trinajstić information content (AvgIpc) is 3.58. The van der Waals surface area contributed by atoms with Gasteiger partial charge in [-0.3, -0.25) is 9.59 Å². The minimum absolute atomic E-state index is 0.0963. The van der Waals surface area contributed by atoms with Gasteiger partial charge in [0.2, 0.25) is 0 Å². The summed E-state index contributed by atoms with van der Waals surface area (Å²) in [7, 11) is 0. The van der Waals surface area contributed by atoms with Crippen LogP contribution in [0.4, 0.5) is 0 Å². The first-order chi connectivity index (χ1) is 22.0. The molecule has 0 spiro atoms. The van der Waals surface area contributed by atoms with Crippen molar-refractivity contribution < 1.29 is 14.3 Å². The van der Waals surface area contributed by atoms with Crippen molar-refractivity contribution in [1.82, 2.24) is 24.4 Å². The van der Waals surface area contributed by atoms with Gasteiger partial charge in [0.1, 0.15) is 23.6 Å². The Morgan fingerprint density at radius 1 is 0.867 bits per heavy atom. The second-order valence-electron chi connectivity index (χ2n) is 11.8. The summed E-state index contributed by atoms with van der Waals surface area (Å²) in [5.41, 5.74) is 3.43. The molecule has 0 aliphatic carbocycles. The summed E-state index contributed by atoms with van der Waals surface area (Å²) in [5.74, 6) is 0.287. The normalized spacial score (nSPS) is 16.4.